The Kier molecular flexibility index (Phi) is 6.31. The molecule has 0 amide bonds. The van der Waals surface area contributed by atoms with Crippen molar-refractivity contribution in [3.63, 3.8) is 0 Å². The molecule has 0 bridgehead atoms. The van der Waals surface area contributed by atoms with Gasteiger partial charge in [0.15, 0.2) is 0 Å². The van der Waals surface area contributed by atoms with E-state index in [0.29, 0.717) is 19.0 Å². The van der Waals surface area contributed by atoms with E-state index in [-0.39, 0.29) is 6.10 Å². The van der Waals surface area contributed by atoms with Gasteiger partial charge in [0, 0.05) is 73.5 Å². The van der Waals surface area contributed by atoms with Crippen molar-refractivity contribution in [2.45, 2.75) is 12.6 Å². The molecule has 160 valence electrons. The highest BCUT2D eigenvalue weighted by atomic mass is 79.9. The van der Waals surface area contributed by atoms with Crippen LogP contribution in [-0.4, -0.2) is 64.4 Å². The summed E-state index contributed by atoms with van der Waals surface area (Å²) in [6.07, 6.45) is 4.85. The molecule has 3 aromatic rings. The van der Waals surface area contributed by atoms with Crippen molar-refractivity contribution in [2.24, 2.45) is 0 Å². The van der Waals surface area contributed by atoms with E-state index in [1.165, 1.54) is 6.21 Å². The van der Waals surface area contributed by atoms with E-state index in [2.05, 4.69) is 48.2 Å². The molecule has 1 aliphatic heterocycles. The van der Waals surface area contributed by atoms with Crippen LogP contribution < -0.4 is 5.32 Å². The molecule has 1 fully saturated rings. The van der Waals surface area contributed by atoms with Crippen molar-refractivity contribution >= 4 is 50.3 Å². The number of benzene rings is 2. The van der Waals surface area contributed by atoms with Crippen LogP contribution in [0.4, 0.5) is 11.6 Å². The first kappa shape index (κ1) is 21.4. The lowest BCUT2D eigenvalue weighted by atomic mass is 10.0. The Hall–Kier alpha value is -2.81. The zero-order chi connectivity index (χ0) is 22.0. The van der Waals surface area contributed by atoms with E-state index in [9.17, 15) is 5.11 Å². The second-order valence-electron chi connectivity index (χ2n) is 7.98. The SMILES string of the molecule is CN(C)/C=C(\C=N)c1cc(CN2CC(O)C2)cc(Nc2ncc3cc(Br)ccc3n2)c1. The second-order valence-corrected chi connectivity index (χ2v) is 8.90. The number of nitrogens with one attached hydrogen (secondary N) is 2. The van der Waals surface area contributed by atoms with Crippen molar-refractivity contribution in [3.8, 4) is 0 Å². The Labute approximate surface area is 190 Å². The van der Waals surface area contributed by atoms with E-state index >= 15 is 0 Å². The number of nitrogens with zero attached hydrogens (tertiary/aromatic N) is 4. The van der Waals surface area contributed by atoms with Crippen molar-refractivity contribution in [1.29, 1.82) is 5.41 Å². The van der Waals surface area contributed by atoms with Gasteiger partial charge in [0.05, 0.1) is 11.6 Å². The second kappa shape index (κ2) is 9.13. The van der Waals surface area contributed by atoms with Gasteiger partial charge in [-0.1, -0.05) is 15.9 Å². The van der Waals surface area contributed by atoms with Gasteiger partial charge >= 0.3 is 0 Å². The van der Waals surface area contributed by atoms with E-state index in [4.69, 9.17) is 5.41 Å². The predicted molar refractivity (Wildman–Crippen MR) is 129 cm³/mol. The first-order valence-electron chi connectivity index (χ1n) is 10.0. The van der Waals surface area contributed by atoms with Crippen molar-refractivity contribution in [1.82, 2.24) is 19.8 Å². The number of fused-ring (bicyclic) bond motifs is 1. The third kappa shape index (κ3) is 5.28. The molecule has 0 spiro atoms. The number of aromatic nitrogens is 2. The van der Waals surface area contributed by atoms with Crippen LogP contribution in [0.15, 0.2) is 53.3 Å². The number of rotatable bonds is 7. The van der Waals surface area contributed by atoms with Gasteiger partial charge < -0.3 is 20.7 Å². The number of β-amino-alcohol motifs (C(OH)–C–C–N with tert-alkyl or cyclic N) is 1. The topological polar surface area (TPSA) is 88.4 Å². The number of aliphatic hydroxyl groups is 1. The molecule has 4 rings (SSSR count). The Bertz CT molecular complexity index is 1140. The van der Waals surface area contributed by atoms with Gasteiger partial charge in [-0.2, -0.15) is 0 Å². The first-order valence-corrected chi connectivity index (χ1v) is 10.8. The minimum Gasteiger partial charge on any atom is -0.390 e. The summed E-state index contributed by atoms with van der Waals surface area (Å²) in [7, 11) is 3.88. The average Bonchev–Trinajstić information content (AvgIpc) is 2.70. The lowest BCUT2D eigenvalue weighted by Crippen LogP contribution is -2.49. The van der Waals surface area contributed by atoms with Crippen LogP contribution in [0.2, 0.25) is 0 Å². The summed E-state index contributed by atoms with van der Waals surface area (Å²) in [6.45, 7) is 2.10. The first-order chi connectivity index (χ1) is 14.9. The van der Waals surface area contributed by atoms with Crippen LogP contribution in [0.3, 0.4) is 0 Å². The minimum atomic E-state index is -0.238. The number of hydrogen-bond acceptors (Lipinski definition) is 7. The molecule has 3 N–H and O–H groups in total. The molecule has 0 saturated carbocycles. The Morgan fingerprint density at radius 3 is 2.81 bits per heavy atom. The zero-order valence-electron chi connectivity index (χ0n) is 17.5. The summed E-state index contributed by atoms with van der Waals surface area (Å²) in [4.78, 5) is 13.2. The molecule has 1 aliphatic rings. The van der Waals surface area contributed by atoms with Crippen molar-refractivity contribution < 1.29 is 5.11 Å². The molecule has 2 aromatic carbocycles. The van der Waals surface area contributed by atoms with Crippen LogP contribution in [0.5, 0.6) is 0 Å². The van der Waals surface area contributed by atoms with Gasteiger partial charge in [0.25, 0.3) is 0 Å². The van der Waals surface area contributed by atoms with Gasteiger partial charge in [-0.05, 0) is 47.5 Å². The van der Waals surface area contributed by atoms with Gasteiger partial charge in [-0.15, -0.1) is 0 Å². The van der Waals surface area contributed by atoms with E-state index in [0.717, 1.165) is 44.3 Å². The number of anilines is 2. The summed E-state index contributed by atoms with van der Waals surface area (Å²) in [5, 5.41) is 21.8. The Morgan fingerprint density at radius 2 is 2.10 bits per heavy atom. The fraction of sp³-hybridized carbons (Fsp3) is 0.261. The molecule has 31 heavy (non-hydrogen) atoms. The number of aliphatic hydroxyl groups excluding tert-OH is 1. The monoisotopic (exact) mass is 480 g/mol. The molecule has 0 aliphatic carbocycles. The Morgan fingerprint density at radius 1 is 1.29 bits per heavy atom. The fourth-order valence-corrected chi connectivity index (χ4v) is 4.00. The standard InChI is InChI=1S/C23H25BrN6O/c1-29(2)12-18(9-25)16-5-15(11-30-13-21(31)14-30)6-20(8-16)27-23-26-10-17-7-19(24)3-4-22(17)28-23/h3-10,12,21,25,31H,11,13-14H2,1-2H3,(H,26,27,28)/b18-12+,25-9?. The number of allylic oxidation sites excluding steroid dienone is 1. The maximum atomic E-state index is 9.61. The summed E-state index contributed by atoms with van der Waals surface area (Å²) in [5.41, 5.74) is 4.57. The molecule has 1 aromatic heterocycles. The third-order valence-electron chi connectivity index (χ3n) is 5.02. The van der Waals surface area contributed by atoms with Gasteiger partial charge in [-0.3, -0.25) is 4.90 Å². The molecule has 8 heteroatoms. The molecule has 0 unspecified atom stereocenters. The van der Waals surface area contributed by atoms with Crippen molar-refractivity contribution in [3.05, 3.63) is 64.4 Å². The Balaban J connectivity index is 1.67. The smallest absolute Gasteiger partial charge is 0.227 e. The highest BCUT2D eigenvalue weighted by Crippen LogP contribution is 2.26. The molecular formula is C23H25BrN6O. The zero-order valence-corrected chi connectivity index (χ0v) is 19.1. The van der Waals surface area contributed by atoms with Gasteiger partial charge in [-0.25, -0.2) is 9.97 Å². The average molecular weight is 481 g/mol. The quantitative estimate of drug-likeness (QED) is 0.445. The van der Waals surface area contributed by atoms with Crippen LogP contribution in [0.1, 0.15) is 11.1 Å². The molecule has 7 nitrogen and oxygen atoms in total. The van der Waals surface area contributed by atoms with Crippen LogP contribution in [0.25, 0.3) is 16.5 Å². The molecule has 0 atom stereocenters. The number of likely N-dealkylation sites (tertiary alicyclic amines) is 1. The maximum Gasteiger partial charge on any atom is 0.227 e. The molecular weight excluding hydrogens is 456 g/mol. The molecule has 2 heterocycles. The summed E-state index contributed by atoms with van der Waals surface area (Å²) in [6, 6.07) is 12.1. The molecule has 0 radical (unpaired) electrons. The fourth-order valence-electron chi connectivity index (χ4n) is 3.62. The summed E-state index contributed by atoms with van der Waals surface area (Å²) >= 11 is 3.47. The normalized spacial score (nSPS) is 15.0. The van der Waals surface area contributed by atoms with Crippen molar-refractivity contribution in [2.75, 3.05) is 32.5 Å². The summed E-state index contributed by atoms with van der Waals surface area (Å²) < 4.78 is 0.990. The van der Waals surface area contributed by atoms with E-state index in [1.807, 2.05) is 49.5 Å². The third-order valence-corrected chi connectivity index (χ3v) is 5.51. The van der Waals surface area contributed by atoms with Crippen LogP contribution in [-0.2, 0) is 6.54 Å². The minimum absolute atomic E-state index is 0.238. The highest BCUT2D eigenvalue weighted by molar-refractivity contribution is 9.10. The molecule has 1 saturated heterocycles. The number of hydrogen-bond donors (Lipinski definition) is 3. The van der Waals surface area contributed by atoms with Gasteiger partial charge in [0.2, 0.25) is 5.95 Å². The van der Waals surface area contributed by atoms with Crippen LogP contribution >= 0.6 is 15.9 Å². The maximum absolute atomic E-state index is 9.61. The lowest BCUT2D eigenvalue weighted by molar-refractivity contribution is -0.00285. The highest BCUT2D eigenvalue weighted by Gasteiger charge is 2.24. The largest absolute Gasteiger partial charge is 0.390 e. The predicted octanol–water partition coefficient (Wildman–Crippen LogP) is 3.86. The van der Waals surface area contributed by atoms with Gasteiger partial charge in [0.1, 0.15) is 0 Å². The van der Waals surface area contributed by atoms with Crippen LogP contribution in [0, 0.1) is 5.41 Å². The van der Waals surface area contributed by atoms with E-state index < -0.39 is 0 Å². The lowest BCUT2D eigenvalue weighted by Gasteiger charge is -2.36. The summed E-state index contributed by atoms with van der Waals surface area (Å²) in [5.74, 6) is 0.519. The van der Waals surface area contributed by atoms with E-state index in [1.54, 1.807) is 6.20 Å². The number of halogens is 1.